The van der Waals surface area contributed by atoms with Crippen molar-refractivity contribution in [2.45, 2.75) is 52.9 Å². The fourth-order valence-corrected chi connectivity index (χ4v) is 5.13. The number of piperidine rings is 1. The van der Waals surface area contributed by atoms with E-state index in [9.17, 15) is 14.4 Å². The monoisotopic (exact) mass is 467 g/mol. The summed E-state index contributed by atoms with van der Waals surface area (Å²) in [5.41, 5.74) is 5.16. The van der Waals surface area contributed by atoms with Crippen LogP contribution in [0.3, 0.4) is 0 Å². The second kappa shape index (κ2) is 11.6. The molecule has 0 aromatic heterocycles. The maximum atomic E-state index is 14.3. The van der Waals surface area contributed by atoms with Gasteiger partial charge in [-0.3, -0.25) is 4.79 Å². The van der Waals surface area contributed by atoms with Crippen molar-refractivity contribution in [3.63, 3.8) is 0 Å². The van der Waals surface area contributed by atoms with Crippen molar-refractivity contribution in [3.05, 3.63) is 64.5 Å². The number of hydrogen-bond donors (Lipinski definition) is 1. The third-order valence-electron chi connectivity index (χ3n) is 6.77. The SMILES string of the molecule is Cc1cc(/C(CCCCN(C)C)=N\O)cc(C)c1N1CC(Cc2ccccc2F)CC(C)C1=O. The molecule has 1 saturated heterocycles. The zero-order valence-corrected chi connectivity index (χ0v) is 21.1. The molecule has 184 valence electrons. The molecule has 1 heterocycles. The molecule has 1 amide bonds. The van der Waals surface area contributed by atoms with E-state index in [0.29, 0.717) is 30.7 Å². The van der Waals surface area contributed by atoms with Crippen molar-refractivity contribution in [1.29, 1.82) is 0 Å². The summed E-state index contributed by atoms with van der Waals surface area (Å²) in [5, 5.41) is 13.2. The Balaban J connectivity index is 1.80. The van der Waals surface area contributed by atoms with E-state index in [1.54, 1.807) is 6.07 Å². The molecule has 0 aliphatic carbocycles. The summed E-state index contributed by atoms with van der Waals surface area (Å²) >= 11 is 0. The maximum Gasteiger partial charge on any atom is 0.229 e. The van der Waals surface area contributed by atoms with E-state index < -0.39 is 0 Å². The molecule has 2 aromatic rings. The van der Waals surface area contributed by atoms with Crippen LogP contribution in [0.15, 0.2) is 41.6 Å². The van der Waals surface area contributed by atoms with Gasteiger partial charge >= 0.3 is 0 Å². The number of carbonyl (C=O) groups excluding carboxylic acids is 1. The first-order valence-corrected chi connectivity index (χ1v) is 12.2. The number of rotatable bonds is 9. The van der Waals surface area contributed by atoms with Gasteiger partial charge < -0.3 is 15.0 Å². The number of oxime groups is 1. The smallest absolute Gasteiger partial charge is 0.229 e. The van der Waals surface area contributed by atoms with Gasteiger partial charge in [0.25, 0.3) is 0 Å². The molecule has 34 heavy (non-hydrogen) atoms. The van der Waals surface area contributed by atoms with Crippen LogP contribution in [0.25, 0.3) is 0 Å². The van der Waals surface area contributed by atoms with Gasteiger partial charge in [-0.15, -0.1) is 0 Å². The van der Waals surface area contributed by atoms with E-state index >= 15 is 0 Å². The van der Waals surface area contributed by atoms with Gasteiger partial charge in [-0.25, -0.2) is 4.39 Å². The lowest BCUT2D eigenvalue weighted by Gasteiger charge is -2.38. The van der Waals surface area contributed by atoms with Gasteiger partial charge in [0.1, 0.15) is 5.82 Å². The molecule has 2 unspecified atom stereocenters. The third kappa shape index (κ3) is 6.23. The zero-order valence-electron chi connectivity index (χ0n) is 21.1. The lowest BCUT2D eigenvalue weighted by atomic mass is 9.84. The number of hydrogen-bond acceptors (Lipinski definition) is 4. The van der Waals surface area contributed by atoms with E-state index in [2.05, 4.69) is 24.2 Å². The van der Waals surface area contributed by atoms with Crippen LogP contribution in [-0.2, 0) is 11.2 Å². The molecule has 1 N–H and O–H groups in total. The third-order valence-corrected chi connectivity index (χ3v) is 6.77. The minimum atomic E-state index is -0.184. The Morgan fingerprint density at radius 2 is 1.85 bits per heavy atom. The largest absolute Gasteiger partial charge is 0.411 e. The Morgan fingerprint density at radius 3 is 2.47 bits per heavy atom. The predicted molar refractivity (Wildman–Crippen MR) is 136 cm³/mol. The average molecular weight is 468 g/mol. The van der Waals surface area contributed by atoms with Crippen molar-refractivity contribution in [1.82, 2.24) is 4.90 Å². The second-order valence-electron chi connectivity index (χ2n) is 10.0. The number of halogens is 1. The van der Waals surface area contributed by atoms with Gasteiger partial charge in [0, 0.05) is 18.2 Å². The molecule has 0 radical (unpaired) electrons. The summed E-state index contributed by atoms with van der Waals surface area (Å²) < 4.78 is 14.3. The topological polar surface area (TPSA) is 56.1 Å². The molecule has 2 aromatic carbocycles. The van der Waals surface area contributed by atoms with Gasteiger partial charge in [0.2, 0.25) is 5.91 Å². The van der Waals surface area contributed by atoms with Crippen molar-refractivity contribution >= 4 is 17.3 Å². The summed E-state index contributed by atoms with van der Waals surface area (Å²) in [4.78, 5) is 17.2. The first-order valence-electron chi connectivity index (χ1n) is 12.2. The molecule has 1 aliphatic rings. The van der Waals surface area contributed by atoms with Crippen LogP contribution >= 0.6 is 0 Å². The summed E-state index contributed by atoms with van der Waals surface area (Å²) in [7, 11) is 4.10. The van der Waals surface area contributed by atoms with Gasteiger partial charge in [-0.05, 0) is 113 Å². The van der Waals surface area contributed by atoms with E-state index in [1.165, 1.54) is 6.07 Å². The van der Waals surface area contributed by atoms with E-state index in [0.717, 1.165) is 48.2 Å². The molecule has 0 spiro atoms. The summed E-state index contributed by atoms with van der Waals surface area (Å²) in [6.45, 7) is 7.55. The lowest BCUT2D eigenvalue weighted by molar-refractivity contribution is -0.124. The molecule has 3 rings (SSSR count). The van der Waals surface area contributed by atoms with Crippen molar-refractivity contribution < 1.29 is 14.4 Å². The number of carbonyl (C=O) groups is 1. The Bertz CT molecular complexity index is 1010. The molecule has 0 saturated carbocycles. The highest BCUT2D eigenvalue weighted by atomic mass is 19.1. The summed E-state index contributed by atoms with van der Waals surface area (Å²) in [6.07, 6.45) is 4.05. The van der Waals surface area contributed by atoms with E-state index in [4.69, 9.17) is 0 Å². The molecule has 1 aliphatic heterocycles. The standard InChI is InChI=1S/C28H38FN3O2/c1-19-15-24(26(30-34)12-8-9-13-31(4)5)16-20(2)27(19)32-18-22(14-21(3)28(32)33)17-23-10-6-7-11-25(23)29/h6-7,10-11,15-16,21-22,34H,8-9,12-14,17-18H2,1-5H3/b30-26-. The second-order valence-corrected chi connectivity index (χ2v) is 10.0. The van der Waals surface area contributed by atoms with Crippen molar-refractivity contribution in [3.8, 4) is 0 Å². The van der Waals surface area contributed by atoms with Gasteiger partial charge in [0.15, 0.2) is 0 Å². The highest BCUT2D eigenvalue weighted by Crippen LogP contribution is 2.34. The number of unbranched alkanes of at least 4 members (excludes halogenated alkanes) is 1. The quantitative estimate of drug-likeness (QED) is 0.227. The summed E-state index contributed by atoms with van der Waals surface area (Å²) in [5.74, 6) is 0.00443. The minimum absolute atomic E-state index is 0.114. The van der Waals surface area contributed by atoms with Crippen LogP contribution in [0.2, 0.25) is 0 Å². The maximum absolute atomic E-state index is 14.3. The highest BCUT2D eigenvalue weighted by Gasteiger charge is 2.34. The lowest BCUT2D eigenvalue weighted by Crippen LogP contribution is -2.46. The van der Waals surface area contributed by atoms with Gasteiger partial charge in [-0.2, -0.15) is 0 Å². The Kier molecular flexibility index (Phi) is 8.84. The Hall–Kier alpha value is -2.73. The predicted octanol–water partition coefficient (Wildman–Crippen LogP) is 5.58. The number of anilines is 1. The van der Waals surface area contributed by atoms with Crippen LogP contribution < -0.4 is 4.90 Å². The number of benzene rings is 2. The van der Waals surface area contributed by atoms with Crippen LogP contribution in [-0.4, -0.2) is 48.9 Å². The van der Waals surface area contributed by atoms with Gasteiger partial charge in [-0.1, -0.05) is 30.3 Å². The molecule has 2 atom stereocenters. The van der Waals surface area contributed by atoms with Crippen molar-refractivity contribution in [2.24, 2.45) is 17.0 Å². The van der Waals surface area contributed by atoms with Gasteiger partial charge in [0.05, 0.1) is 5.71 Å². The zero-order chi connectivity index (χ0) is 24.8. The molecule has 1 fully saturated rings. The highest BCUT2D eigenvalue weighted by molar-refractivity contribution is 6.02. The fourth-order valence-electron chi connectivity index (χ4n) is 5.13. The normalized spacial score (nSPS) is 19.2. The first-order chi connectivity index (χ1) is 16.2. The van der Waals surface area contributed by atoms with E-state index in [-0.39, 0.29) is 23.6 Å². The first kappa shape index (κ1) is 25.9. The number of amides is 1. The molecule has 0 bridgehead atoms. The molecular weight excluding hydrogens is 429 g/mol. The fraction of sp³-hybridized carbons (Fsp3) is 0.500. The van der Waals surface area contributed by atoms with Crippen molar-refractivity contribution in [2.75, 3.05) is 32.1 Å². The molecular formula is C28H38FN3O2. The minimum Gasteiger partial charge on any atom is -0.411 e. The molecule has 6 heteroatoms. The van der Waals surface area contributed by atoms with E-state index in [1.807, 2.05) is 49.9 Å². The van der Waals surface area contributed by atoms with Crippen LogP contribution in [0.1, 0.15) is 54.9 Å². The van der Waals surface area contributed by atoms with Crippen LogP contribution in [0.4, 0.5) is 10.1 Å². The Labute approximate surface area is 203 Å². The average Bonchev–Trinajstić information content (AvgIpc) is 2.78. The number of aryl methyl sites for hydroxylation is 2. The Morgan fingerprint density at radius 1 is 1.18 bits per heavy atom. The van der Waals surface area contributed by atoms with Crippen LogP contribution in [0, 0.1) is 31.5 Å². The molecule has 5 nitrogen and oxygen atoms in total. The number of nitrogens with zero attached hydrogens (tertiary/aromatic N) is 3. The summed E-state index contributed by atoms with van der Waals surface area (Å²) in [6, 6.07) is 10.9. The van der Waals surface area contributed by atoms with Crippen LogP contribution in [0.5, 0.6) is 0 Å².